The molecular formula is C23H30ClN5O2. The molecule has 3 aromatic rings. The van der Waals surface area contributed by atoms with Gasteiger partial charge in [0.25, 0.3) is 5.91 Å². The third-order valence-corrected chi connectivity index (χ3v) is 5.80. The summed E-state index contributed by atoms with van der Waals surface area (Å²) in [6.07, 6.45) is 5.28. The quantitative estimate of drug-likeness (QED) is 0.601. The standard InChI is InChI=1S/C23H29N5O2.ClH/c1-4-28-22-19(14-26-28)21(27-18-7-9-30-10-8-18)20(13-24-22)23(29)25-12-17-6-5-15(2)16(3)11-17;/h5-6,11,13-14,18H,4,7-10,12H2,1-3H3,(H,24,27)(H,25,29);1H. The highest BCUT2D eigenvalue weighted by molar-refractivity contribution is 6.06. The Balaban J connectivity index is 0.00000272. The summed E-state index contributed by atoms with van der Waals surface area (Å²) in [5.41, 5.74) is 5.70. The van der Waals surface area contributed by atoms with E-state index >= 15 is 0 Å². The van der Waals surface area contributed by atoms with Crippen molar-refractivity contribution < 1.29 is 9.53 Å². The highest BCUT2D eigenvalue weighted by Crippen LogP contribution is 2.28. The number of amides is 1. The van der Waals surface area contributed by atoms with E-state index in [0.29, 0.717) is 12.1 Å². The van der Waals surface area contributed by atoms with Crippen LogP contribution in [0.15, 0.2) is 30.6 Å². The average Bonchev–Trinajstić information content (AvgIpc) is 3.19. The lowest BCUT2D eigenvalue weighted by atomic mass is 10.1. The monoisotopic (exact) mass is 443 g/mol. The number of halogens is 1. The maximum Gasteiger partial charge on any atom is 0.255 e. The van der Waals surface area contributed by atoms with Crippen LogP contribution in [0.3, 0.4) is 0 Å². The zero-order valence-corrected chi connectivity index (χ0v) is 19.1. The van der Waals surface area contributed by atoms with E-state index in [4.69, 9.17) is 4.74 Å². The molecule has 4 rings (SSSR count). The smallest absolute Gasteiger partial charge is 0.255 e. The first-order valence-corrected chi connectivity index (χ1v) is 10.6. The lowest BCUT2D eigenvalue weighted by Crippen LogP contribution is -2.30. The van der Waals surface area contributed by atoms with Crippen LogP contribution in [0.5, 0.6) is 0 Å². The van der Waals surface area contributed by atoms with Crippen LogP contribution < -0.4 is 10.6 Å². The molecular weight excluding hydrogens is 414 g/mol. The zero-order valence-electron chi connectivity index (χ0n) is 18.3. The topological polar surface area (TPSA) is 81.1 Å². The largest absolute Gasteiger partial charge is 0.381 e. The number of carbonyl (C=O) groups excluding carboxylic acids is 1. The fraction of sp³-hybridized carbons (Fsp3) is 0.435. The predicted molar refractivity (Wildman–Crippen MR) is 125 cm³/mol. The van der Waals surface area contributed by atoms with Gasteiger partial charge in [-0.15, -0.1) is 12.4 Å². The van der Waals surface area contributed by atoms with Crippen molar-refractivity contribution in [3.05, 3.63) is 52.8 Å². The van der Waals surface area contributed by atoms with Crippen molar-refractivity contribution >= 4 is 35.0 Å². The van der Waals surface area contributed by atoms with Gasteiger partial charge < -0.3 is 15.4 Å². The summed E-state index contributed by atoms with van der Waals surface area (Å²) >= 11 is 0. The molecule has 0 unspecified atom stereocenters. The molecule has 0 spiro atoms. The van der Waals surface area contributed by atoms with E-state index in [9.17, 15) is 4.79 Å². The number of rotatable bonds is 6. The number of benzene rings is 1. The lowest BCUT2D eigenvalue weighted by Gasteiger charge is -2.25. The predicted octanol–water partition coefficient (Wildman–Crippen LogP) is 4.01. The summed E-state index contributed by atoms with van der Waals surface area (Å²) in [7, 11) is 0. The molecule has 0 aliphatic carbocycles. The first-order chi connectivity index (χ1) is 14.6. The number of nitrogens with one attached hydrogen (secondary N) is 2. The Kier molecular flexibility index (Phi) is 7.51. The number of nitrogens with zero attached hydrogens (tertiary/aromatic N) is 3. The van der Waals surface area contributed by atoms with Crippen LogP contribution in [0.1, 0.15) is 46.8 Å². The van der Waals surface area contributed by atoms with Crippen LogP contribution in [0.4, 0.5) is 5.69 Å². The van der Waals surface area contributed by atoms with Crippen molar-refractivity contribution in [2.45, 2.75) is 52.7 Å². The third kappa shape index (κ3) is 4.99. The minimum atomic E-state index is -0.138. The molecule has 1 fully saturated rings. The Bertz CT molecular complexity index is 1060. The maximum atomic E-state index is 13.1. The molecule has 8 heteroatoms. The molecule has 0 radical (unpaired) electrons. The van der Waals surface area contributed by atoms with Crippen LogP contribution in [-0.2, 0) is 17.8 Å². The third-order valence-electron chi connectivity index (χ3n) is 5.80. The molecule has 2 N–H and O–H groups in total. The molecule has 7 nitrogen and oxygen atoms in total. The Morgan fingerprint density at radius 1 is 1.19 bits per heavy atom. The summed E-state index contributed by atoms with van der Waals surface area (Å²) in [4.78, 5) is 17.7. The second-order valence-electron chi connectivity index (χ2n) is 7.88. The molecule has 1 saturated heterocycles. The SMILES string of the molecule is CCn1ncc2c(NC3CCOCC3)c(C(=O)NCc3ccc(C)c(C)c3)cnc21.Cl. The van der Waals surface area contributed by atoms with Crippen LogP contribution in [0, 0.1) is 13.8 Å². The van der Waals surface area contributed by atoms with E-state index in [1.807, 2.05) is 11.6 Å². The van der Waals surface area contributed by atoms with E-state index in [1.165, 1.54) is 11.1 Å². The first kappa shape index (κ1) is 23.0. The van der Waals surface area contributed by atoms with Crippen molar-refractivity contribution in [1.82, 2.24) is 20.1 Å². The number of fused-ring (bicyclic) bond motifs is 1. The number of anilines is 1. The highest BCUT2D eigenvalue weighted by Gasteiger charge is 2.22. The Morgan fingerprint density at radius 2 is 1.97 bits per heavy atom. The second kappa shape index (κ2) is 10.1. The average molecular weight is 444 g/mol. The van der Waals surface area contributed by atoms with Crippen LogP contribution in [-0.4, -0.2) is 39.9 Å². The highest BCUT2D eigenvalue weighted by atomic mass is 35.5. The number of hydrogen-bond donors (Lipinski definition) is 2. The van der Waals surface area contributed by atoms with Gasteiger partial charge in [-0.3, -0.25) is 4.79 Å². The molecule has 1 amide bonds. The fourth-order valence-corrected chi connectivity index (χ4v) is 3.82. The fourth-order valence-electron chi connectivity index (χ4n) is 3.82. The molecule has 0 atom stereocenters. The summed E-state index contributed by atoms with van der Waals surface area (Å²) in [5.74, 6) is -0.138. The van der Waals surface area contributed by atoms with E-state index in [0.717, 1.165) is 54.9 Å². The summed E-state index contributed by atoms with van der Waals surface area (Å²) < 4.78 is 7.33. The van der Waals surface area contributed by atoms with Gasteiger partial charge in [0.15, 0.2) is 5.65 Å². The van der Waals surface area contributed by atoms with Gasteiger partial charge in [0, 0.05) is 38.5 Å². The number of pyridine rings is 1. The van der Waals surface area contributed by atoms with Gasteiger partial charge in [0.1, 0.15) is 0 Å². The number of carbonyl (C=O) groups is 1. The minimum Gasteiger partial charge on any atom is -0.381 e. The molecule has 166 valence electrons. The Morgan fingerprint density at radius 3 is 2.68 bits per heavy atom. The number of aromatic nitrogens is 3. The van der Waals surface area contributed by atoms with Gasteiger partial charge in [-0.1, -0.05) is 18.2 Å². The molecule has 2 aromatic heterocycles. The molecule has 1 aliphatic rings. The van der Waals surface area contributed by atoms with Crippen molar-refractivity contribution in [2.24, 2.45) is 0 Å². The normalized spacial score (nSPS) is 14.3. The molecule has 0 saturated carbocycles. The van der Waals surface area contributed by atoms with Crippen molar-refractivity contribution in [3.63, 3.8) is 0 Å². The minimum absolute atomic E-state index is 0. The van der Waals surface area contributed by atoms with E-state index in [-0.39, 0.29) is 24.4 Å². The molecule has 31 heavy (non-hydrogen) atoms. The van der Waals surface area contributed by atoms with Crippen LogP contribution in [0.25, 0.3) is 11.0 Å². The van der Waals surface area contributed by atoms with E-state index in [1.54, 1.807) is 12.4 Å². The van der Waals surface area contributed by atoms with Gasteiger partial charge in [-0.2, -0.15) is 5.10 Å². The number of hydrogen-bond acceptors (Lipinski definition) is 5. The van der Waals surface area contributed by atoms with Crippen molar-refractivity contribution in [1.29, 1.82) is 0 Å². The van der Waals surface area contributed by atoms with Crippen molar-refractivity contribution in [2.75, 3.05) is 18.5 Å². The number of aryl methyl sites for hydroxylation is 3. The van der Waals surface area contributed by atoms with Gasteiger partial charge in [0.2, 0.25) is 0 Å². The Hall–Kier alpha value is -2.64. The first-order valence-electron chi connectivity index (χ1n) is 10.6. The molecule has 0 bridgehead atoms. The number of ether oxygens (including phenoxy) is 1. The van der Waals surface area contributed by atoms with Gasteiger partial charge >= 0.3 is 0 Å². The van der Waals surface area contributed by atoms with Gasteiger partial charge in [0.05, 0.1) is 22.8 Å². The zero-order chi connectivity index (χ0) is 21.1. The second-order valence-corrected chi connectivity index (χ2v) is 7.88. The Labute approximate surface area is 189 Å². The van der Waals surface area contributed by atoms with E-state index < -0.39 is 0 Å². The van der Waals surface area contributed by atoms with Crippen molar-refractivity contribution in [3.8, 4) is 0 Å². The molecule has 3 heterocycles. The molecule has 1 aromatic carbocycles. The molecule has 1 aliphatic heterocycles. The van der Waals surface area contributed by atoms with Gasteiger partial charge in [-0.05, 0) is 50.3 Å². The van der Waals surface area contributed by atoms with Crippen LogP contribution >= 0.6 is 12.4 Å². The van der Waals surface area contributed by atoms with E-state index in [2.05, 4.69) is 52.8 Å². The van der Waals surface area contributed by atoms with Crippen LogP contribution in [0.2, 0.25) is 0 Å². The summed E-state index contributed by atoms with van der Waals surface area (Å²) in [6.45, 7) is 8.87. The lowest BCUT2D eigenvalue weighted by molar-refractivity contribution is 0.0904. The summed E-state index contributed by atoms with van der Waals surface area (Å²) in [6, 6.07) is 6.52. The maximum absolute atomic E-state index is 13.1. The summed E-state index contributed by atoms with van der Waals surface area (Å²) in [5, 5.41) is 12.0. The van der Waals surface area contributed by atoms with Gasteiger partial charge in [-0.25, -0.2) is 9.67 Å².